The molecule has 32 heavy (non-hydrogen) atoms. The zero-order valence-electron chi connectivity index (χ0n) is 18.3. The first kappa shape index (κ1) is 20.6. The number of aryl methyl sites for hydroxylation is 1. The number of nitrogens with zero attached hydrogens (tertiary/aromatic N) is 5. The summed E-state index contributed by atoms with van der Waals surface area (Å²) in [6.45, 7) is 3.91. The van der Waals surface area contributed by atoms with Crippen molar-refractivity contribution in [2.24, 2.45) is 23.7 Å². The van der Waals surface area contributed by atoms with Crippen LogP contribution < -0.4 is 0 Å². The van der Waals surface area contributed by atoms with Crippen molar-refractivity contribution in [2.75, 3.05) is 32.7 Å². The van der Waals surface area contributed by atoms with E-state index in [0.29, 0.717) is 12.3 Å². The summed E-state index contributed by atoms with van der Waals surface area (Å²) in [6.07, 6.45) is 9.87. The number of carbonyl (C=O) groups is 2. The zero-order chi connectivity index (χ0) is 22.0. The van der Waals surface area contributed by atoms with Gasteiger partial charge < -0.3 is 19.3 Å². The first-order valence-corrected chi connectivity index (χ1v) is 12.1. The number of aromatic nitrogens is 2. The monoisotopic (exact) mass is 447 g/mol. The molecule has 0 aromatic carbocycles. The van der Waals surface area contributed by atoms with E-state index in [1.807, 2.05) is 17.4 Å². The molecule has 0 spiro atoms. The number of halogens is 2. The van der Waals surface area contributed by atoms with Gasteiger partial charge in [0.15, 0.2) is 0 Å². The number of rotatable bonds is 5. The van der Waals surface area contributed by atoms with Crippen LogP contribution in [0.5, 0.6) is 0 Å². The summed E-state index contributed by atoms with van der Waals surface area (Å²) in [7, 11) is 0. The SMILES string of the molecule is O=C([C@H]1[C@@H]2C[C@@H](CN(CCCn3ccnc3)C2)[C@@H]2CCCC(=O)N21)N1CC2C(C1)C2(F)F. The van der Waals surface area contributed by atoms with Gasteiger partial charge in [-0.25, -0.2) is 13.8 Å². The molecule has 6 rings (SSSR count). The van der Waals surface area contributed by atoms with Crippen LogP contribution in [0.2, 0.25) is 0 Å². The van der Waals surface area contributed by atoms with Crippen LogP contribution in [-0.4, -0.2) is 86.8 Å². The van der Waals surface area contributed by atoms with E-state index in [0.717, 1.165) is 51.9 Å². The van der Waals surface area contributed by atoms with E-state index < -0.39 is 23.8 Å². The van der Waals surface area contributed by atoms with Crippen LogP contribution in [-0.2, 0) is 16.1 Å². The number of imidazole rings is 1. The Hall–Kier alpha value is -2.03. The molecule has 2 bridgehead atoms. The maximum Gasteiger partial charge on any atom is 0.258 e. The Kier molecular flexibility index (Phi) is 4.82. The number of carbonyl (C=O) groups excluding carboxylic acids is 2. The van der Waals surface area contributed by atoms with Crippen molar-refractivity contribution in [2.45, 2.75) is 56.7 Å². The van der Waals surface area contributed by atoms with Gasteiger partial charge in [-0.2, -0.15) is 0 Å². The van der Waals surface area contributed by atoms with Gasteiger partial charge in [-0.15, -0.1) is 0 Å². The van der Waals surface area contributed by atoms with Crippen LogP contribution >= 0.6 is 0 Å². The molecule has 1 saturated carbocycles. The number of hydrogen-bond donors (Lipinski definition) is 0. The van der Waals surface area contributed by atoms with Crippen LogP contribution in [0.15, 0.2) is 18.7 Å². The van der Waals surface area contributed by atoms with Gasteiger partial charge in [-0.05, 0) is 38.1 Å². The maximum absolute atomic E-state index is 13.7. The summed E-state index contributed by atoms with van der Waals surface area (Å²) < 4.78 is 29.5. The maximum atomic E-state index is 13.7. The zero-order valence-corrected chi connectivity index (χ0v) is 18.3. The highest BCUT2D eigenvalue weighted by atomic mass is 19.3. The van der Waals surface area contributed by atoms with Gasteiger partial charge in [0, 0.05) is 63.5 Å². The molecule has 1 aliphatic carbocycles. The van der Waals surface area contributed by atoms with Crippen molar-refractivity contribution >= 4 is 11.8 Å². The predicted molar refractivity (Wildman–Crippen MR) is 112 cm³/mol. The quantitative estimate of drug-likeness (QED) is 0.690. The van der Waals surface area contributed by atoms with E-state index in [1.54, 1.807) is 11.1 Å². The van der Waals surface area contributed by atoms with Gasteiger partial charge in [0.25, 0.3) is 5.92 Å². The predicted octanol–water partition coefficient (Wildman–Crippen LogP) is 1.70. The molecule has 9 heteroatoms. The minimum Gasteiger partial charge on any atom is -0.340 e. The van der Waals surface area contributed by atoms with Gasteiger partial charge >= 0.3 is 0 Å². The fourth-order valence-electron chi connectivity index (χ4n) is 7.02. The highest BCUT2D eigenvalue weighted by Crippen LogP contribution is 2.59. The first-order chi connectivity index (χ1) is 15.4. The van der Waals surface area contributed by atoms with Gasteiger partial charge in [0.05, 0.1) is 18.2 Å². The molecule has 174 valence electrons. The summed E-state index contributed by atoms with van der Waals surface area (Å²) in [5, 5.41) is 0. The highest BCUT2D eigenvalue weighted by Gasteiger charge is 2.72. The fourth-order valence-corrected chi connectivity index (χ4v) is 7.02. The fraction of sp³-hybridized carbons (Fsp3) is 0.783. The van der Waals surface area contributed by atoms with Gasteiger partial charge in [0.1, 0.15) is 6.04 Å². The van der Waals surface area contributed by atoms with Crippen LogP contribution in [0.1, 0.15) is 32.1 Å². The molecule has 5 fully saturated rings. The molecular formula is C23H31F2N5O2. The third-order valence-electron chi connectivity index (χ3n) is 8.63. The van der Waals surface area contributed by atoms with E-state index >= 15 is 0 Å². The largest absolute Gasteiger partial charge is 0.340 e. The molecule has 1 aromatic rings. The van der Waals surface area contributed by atoms with E-state index in [1.165, 1.54) is 0 Å². The smallest absolute Gasteiger partial charge is 0.258 e. The molecule has 1 aromatic heterocycles. The second kappa shape index (κ2) is 7.50. The van der Waals surface area contributed by atoms with E-state index in [9.17, 15) is 18.4 Å². The topological polar surface area (TPSA) is 61.7 Å². The summed E-state index contributed by atoms with van der Waals surface area (Å²) in [5.74, 6) is -3.48. The lowest BCUT2D eigenvalue weighted by atomic mass is 9.71. The lowest BCUT2D eigenvalue weighted by molar-refractivity contribution is -0.165. The number of hydrogen-bond acceptors (Lipinski definition) is 4. The third-order valence-corrected chi connectivity index (χ3v) is 8.63. The number of alkyl halides is 2. The molecule has 0 radical (unpaired) electrons. The van der Waals surface area contributed by atoms with Gasteiger partial charge in [0.2, 0.25) is 11.8 Å². The first-order valence-electron chi connectivity index (χ1n) is 12.1. The Morgan fingerprint density at radius 2 is 1.91 bits per heavy atom. The Morgan fingerprint density at radius 3 is 2.66 bits per heavy atom. The second-order valence-corrected chi connectivity index (χ2v) is 10.5. The molecule has 2 amide bonds. The number of piperidine rings is 4. The summed E-state index contributed by atoms with van der Waals surface area (Å²) in [6, 6.07) is -0.372. The van der Waals surface area contributed by atoms with Crippen molar-refractivity contribution in [1.82, 2.24) is 24.3 Å². The number of amides is 2. The van der Waals surface area contributed by atoms with Crippen LogP contribution in [0.25, 0.3) is 0 Å². The normalized spacial score (nSPS) is 37.9. The van der Waals surface area contributed by atoms with Crippen LogP contribution in [0.4, 0.5) is 8.78 Å². The minimum atomic E-state index is -2.60. The molecule has 4 saturated heterocycles. The molecule has 5 heterocycles. The van der Waals surface area contributed by atoms with E-state index in [4.69, 9.17) is 0 Å². The van der Waals surface area contributed by atoms with Crippen molar-refractivity contribution < 1.29 is 18.4 Å². The summed E-state index contributed by atoms with van der Waals surface area (Å²) >= 11 is 0. The Morgan fingerprint density at radius 1 is 1.12 bits per heavy atom. The van der Waals surface area contributed by atoms with Gasteiger partial charge in [-0.1, -0.05) is 0 Å². The van der Waals surface area contributed by atoms with Crippen LogP contribution in [0, 0.1) is 23.7 Å². The number of likely N-dealkylation sites (tertiary alicyclic amines) is 2. The van der Waals surface area contributed by atoms with Crippen LogP contribution in [0.3, 0.4) is 0 Å². The summed E-state index contributed by atoms with van der Waals surface area (Å²) in [4.78, 5) is 36.7. The van der Waals surface area contributed by atoms with E-state index in [-0.39, 0.29) is 36.9 Å². The Labute approximate surface area is 186 Å². The van der Waals surface area contributed by atoms with E-state index in [2.05, 4.69) is 14.5 Å². The van der Waals surface area contributed by atoms with Gasteiger partial charge in [-0.3, -0.25) is 9.59 Å². The van der Waals surface area contributed by atoms with Crippen molar-refractivity contribution in [1.29, 1.82) is 0 Å². The third kappa shape index (κ3) is 3.26. The molecule has 2 unspecified atom stereocenters. The van der Waals surface area contributed by atoms with Crippen molar-refractivity contribution in [3.05, 3.63) is 18.7 Å². The number of fused-ring (bicyclic) bond motifs is 5. The molecule has 4 aliphatic heterocycles. The molecule has 5 aliphatic rings. The van der Waals surface area contributed by atoms with Crippen molar-refractivity contribution in [3.63, 3.8) is 0 Å². The lowest BCUT2D eigenvalue weighted by Crippen LogP contribution is -2.68. The molecule has 6 atom stereocenters. The molecule has 7 nitrogen and oxygen atoms in total. The molecule has 0 N–H and O–H groups in total. The Balaban J connectivity index is 1.18. The second-order valence-electron chi connectivity index (χ2n) is 10.5. The average Bonchev–Trinajstić information content (AvgIpc) is 3.25. The average molecular weight is 448 g/mol. The standard InChI is InChI=1S/C23H31F2N5O2/c24-23(25)17-12-29(13-18(17)23)22(32)21-16-9-15(19-3-1-4-20(31)30(19)21)10-28(11-16)7-2-6-27-8-5-26-14-27/h5,8,14-19,21H,1-4,6-7,9-13H2/t15-,16+,17?,18?,19-,21+/m0/s1. The molecular weight excluding hydrogens is 416 g/mol. The minimum absolute atomic E-state index is 0.0811. The lowest BCUT2D eigenvalue weighted by Gasteiger charge is -2.56. The summed E-state index contributed by atoms with van der Waals surface area (Å²) in [5.41, 5.74) is 0. The Bertz CT molecular complexity index is 879. The van der Waals surface area contributed by atoms with Crippen molar-refractivity contribution in [3.8, 4) is 0 Å². The highest BCUT2D eigenvalue weighted by molar-refractivity contribution is 5.89.